The van der Waals surface area contributed by atoms with Crippen molar-refractivity contribution in [3.8, 4) is 11.5 Å². The average Bonchev–Trinajstić information content (AvgIpc) is 3.50. The normalized spacial score (nSPS) is 16.3. The van der Waals surface area contributed by atoms with Gasteiger partial charge in [0.15, 0.2) is 11.5 Å². The van der Waals surface area contributed by atoms with Crippen molar-refractivity contribution in [2.24, 2.45) is 0 Å². The molecule has 2 aliphatic carbocycles. The highest BCUT2D eigenvalue weighted by Gasteiger charge is 2.33. The minimum absolute atomic E-state index is 0.301. The molecule has 0 unspecified atom stereocenters. The molecule has 0 N–H and O–H groups in total. The van der Waals surface area contributed by atoms with Gasteiger partial charge in [0.25, 0.3) is 0 Å². The van der Waals surface area contributed by atoms with Crippen molar-refractivity contribution in [1.82, 2.24) is 0 Å². The Labute approximate surface area is 226 Å². The smallest absolute Gasteiger partial charge is 0.343 e. The monoisotopic (exact) mass is 510 g/mol. The summed E-state index contributed by atoms with van der Waals surface area (Å²) in [5.41, 5.74) is 4.35. The fourth-order valence-corrected chi connectivity index (χ4v) is 6.24. The molecule has 4 heteroatoms. The summed E-state index contributed by atoms with van der Waals surface area (Å²) in [5.74, 6) is 0.805. The molecule has 4 nitrogen and oxygen atoms in total. The van der Waals surface area contributed by atoms with Gasteiger partial charge in [-0.3, -0.25) is 0 Å². The van der Waals surface area contributed by atoms with Crippen LogP contribution in [0, 0.1) is 0 Å². The zero-order valence-electron chi connectivity index (χ0n) is 22.4. The Balaban J connectivity index is 1.68. The van der Waals surface area contributed by atoms with Crippen molar-refractivity contribution in [3.05, 3.63) is 94.5 Å². The van der Waals surface area contributed by atoms with Gasteiger partial charge in [-0.15, -0.1) is 0 Å². The van der Waals surface area contributed by atoms with E-state index in [-0.39, 0.29) is 0 Å². The fraction of sp³-hybridized carbons (Fsp3) is 0.412. The van der Waals surface area contributed by atoms with Crippen LogP contribution in [0.2, 0.25) is 0 Å². The van der Waals surface area contributed by atoms with Crippen LogP contribution in [0.5, 0.6) is 11.5 Å². The van der Waals surface area contributed by atoms with Gasteiger partial charge in [-0.05, 0) is 79.3 Å². The van der Waals surface area contributed by atoms with Crippen molar-refractivity contribution in [2.75, 3.05) is 0 Å². The van der Waals surface area contributed by atoms with Gasteiger partial charge in [-0.25, -0.2) is 9.59 Å². The molecule has 0 aromatic heterocycles. The second kappa shape index (κ2) is 12.4. The van der Waals surface area contributed by atoms with E-state index in [4.69, 9.17) is 9.47 Å². The van der Waals surface area contributed by atoms with Crippen LogP contribution in [0.3, 0.4) is 0 Å². The number of carbonyl (C=O) groups is 2. The van der Waals surface area contributed by atoms with Gasteiger partial charge < -0.3 is 9.47 Å². The topological polar surface area (TPSA) is 52.6 Å². The molecule has 0 amide bonds. The van der Waals surface area contributed by atoms with E-state index in [0.717, 1.165) is 62.5 Å². The maximum Gasteiger partial charge on any atom is 0.343 e. The lowest BCUT2D eigenvalue weighted by Gasteiger charge is -2.30. The van der Waals surface area contributed by atoms with Gasteiger partial charge in [0.05, 0.1) is 11.1 Å². The van der Waals surface area contributed by atoms with E-state index in [1.165, 1.54) is 24.8 Å². The summed E-state index contributed by atoms with van der Waals surface area (Å²) in [7, 11) is 0. The minimum Gasteiger partial charge on any atom is -0.419 e. The average molecular weight is 511 g/mol. The van der Waals surface area contributed by atoms with E-state index in [9.17, 15) is 9.59 Å². The van der Waals surface area contributed by atoms with E-state index in [2.05, 4.69) is 13.0 Å². The van der Waals surface area contributed by atoms with Crippen LogP contribution in [0.25, 0.3) is 0 Å². The van der Waals surface area contributed by atoms with Crippen LogP contribution < -0.4 is 9.47 Å². The molecule has 0 heterocycles. The lowest BCUT2D eigenvalue weighted by Crippen LogP contribution is -2.18. The van der Waals surface area contributed by atoms with Gasteiger partial charge in [0, 0.05) is 5.56 Å². The number of ether oxygens (including phenoxy) is 2. The zero-order valence-corrected chi connectivity index (χ0v) is 22.4. The van der Waals surface area contributed by atoms with Crippen molar-refractivity contribution in [3.63, 3.8) is 0 Å². The minimum atomic E-state index is -0.428. The first kappa shape index (κ1) is 26.2. The summed E-state index contributed by atoms with van der Waals surface area (Å²) in [5, 5.41) is 0. The maximum absolute atomic E-state index is 13.5. The number of aryl methyl sites for hydroxylation is 1. The van der Waals surface area contributed by atoms with Crippen LogP contribution in [-0.2, 0) is 6.42 Å². The van der Waals surface area contributed by atoms with E-state index in [1.807, 2.05) is 36.4 Å². The predicted octanol–water partition coefficient (Wildman–Crippen LogP) is 8.78. The van der Waals surface area contributed by atoms with Crippen molar-refractivity contribution in [2.45, 2.75) is 89.4 Å². The molecule has 2 saturated carbocycles. The summed E-state index contributed by atoms with van der Waals surface area (Å²) in [6, 6.07) is 20.4. The molecule has 0 atom stereocenters. The second-order valence-electron chi connectivity index (χ2n) is 10.8. The van der Waals surface area contributed by atoms with E-state index < -0.39 is 11.9 Å². The summed E-state index contributed by atoms with van der Waals surface area (Å²) >= 11 is 0. The summed E-state index contributed by atoms with van der Waals surface area (Å²) < 4.78 is 12.5. The molecule has 38 heavy (non-hydrogen) atoms. The lowest BCUT2D eigenvalue weighted by atomic mass is 9.77. The third kappa shape index (κ3) is 5.85. The van der Waals surface area contributed by atoms with Crippen LogP contribution >= 0.6 is 0 Å². The SMILES string of the molecule is CCCc1cc(C2CCCCC2)c(C2CCCC2)c(OC(=O)c2ccccc2)c1OC(=O)c1ccccc1. The Bertz CT molecular complexity index is 1240. The number of esters is 2. The van der Waals surface area contributed by atoms with Crippen LogP contribution in [-0.4, -0.2) is 11.9 Å². The molecule has 198 valence electrons. The van der Waals surface area contributed by atoms with E-state index in [1.54, 1.807) is 24.3 Å². The first-order valence-corrected chi connectivity index (χ1v) is 14.4. The number of benzene rings is 3. The number of hydrogen-bond acceptors (Lipinski definition) is 4. The van der Waals surface area contributed by atoms with Crippen LogP contribution in [0.4, 0.5) is 0 Å². The highest BCUT2D eigenvalue weighted by atomic mass is 16.6. The molecule has 2 aliphatic rings. The predicted molar refractivity (Wildman–Crippen MR) is 150 cm³/mol. The molecule has 2 fully saturated rings. The number of rotatable bonds is 8. The molecular weight excluding hydrogens is 472 g/mol. The zero-order chi connectivity index (χ0) is 26.3. The molecule has 3 aromatic rings. The Morgan fingerprint density at radius 3 is 1.74 bits per heavy atom. The molecule has 0 spiro atoms. The Hall–Kier alpha value is -3.40. The number of hydrogen-bond donors (Lipinski definition) is 0. The third-order valence-corrected chi connectivity index (χ3v) is 8.12. The maximum atomic E-state index is 13.5. The van der Waals surface area contributed by atoms with Crippen LogP contribution in [0.1, 0.15) is 120 Å². The van der Waals surface area contributed by atoms with Crippen molar-refractivity contribution < 1.29 is 19.1 Å². The molecule has 0 aliphatic heterocycles. The van der Waals surface area contributed by atoms with Gasteiger partial charge in [0.2, 0.25) is 0 Å². The molecular formula is C34H38O4. The Morgan fingerprint density at radius 1 is 0.684 bits per heavy atom. The number of carbonyl (C=O) groups excluding carboxylic acids is 2. The molecule has 5 rings (SSSR count). The first-order valence-electron chi connectivity index (χ1n) is 14.4. The fourth-order valence-electron chi connectivity index (χ4n) is 6.24. The molecule has 0 bridgehead atoms. The lowest BCUT2D eigenvalue weighted by molar-refractivity contribution is 0.0678. The standard InChI is InChI=1S/C34H38O4/c1-2-14-28-23-29(24-15-6-3-7-16-24)30(25-17-12-13-18-25)32(38-34(36)27-21-10-5-11-22-27)31(28)37-33(35)26-19-8-4-9-20-26/h4-5,8-11,19-25H,2-3,6-7,12-18H2,1H3. The van der Waals surface area contributed by atoms with Gasteiger partial charge in [0.1, 0.15) is 0 Å². The summed E-state index contributed by atoms with van der Waals surface area (Å²) in [6.07, 6.45) is 12.1. The molecule has 0 radical (unpaired) electrons. The Kier molecular flexibility index (Phi) is 8.58. The van der Waals surface area contributed by atoms with E-state index >= 15 is 0 Å². The molecule has 0 saturated heterocycles. The van der Waals surface area contributed by atoms with Gasteiger partial charge in [-0.2, -0.15) is 0 Å². The van der Waals surface area contributed by atoms with Crippen molar-refractivity contribution in [1.29, 1.82) is 0 Å². The Morgan fingerprint density at radius 2 is 1.18 bits per heavy atom. The highest BCUT2D eigenvalue weighted by Crippen LogP contribution is 2.51. The first-order chi connectivity index (χ1) is 18.7. The van der Waals surface area contributed by atoms with Gasteiger partial charge >= 0.3 is 11.9 Å². The summed E-state index contributed by atoms with van der Waals surface area (Å²) in [6.45, 7) is 2.13. The summed E-state index contributed by atoms with van der Waals surface area (Å²) in [4.78, 5) is 26.8. The largest absolute Gasteiger partial charge is 0.419 e. The molecule has 3 aromatic carbocycles. The quantitative estimate of drug-likeness (QED) is 0.224. The van der Waals surface area contributed by atoms with Crippen LogP contribution in [0.15, 0.2) is 66.7 Å². The third-order valence-electron chi connectivity index (χ3n) is 8.12. The second-order valence-corrected chi connectivity index (χ2v) is 10.8. The van der Waals surface area contributed by atoms with E-state index in [0.29, 0.717) is 34.5 Å². The van der Waals surface area contributed by atoms with Gasteiger partial charge in [-0.1, -0.05) is 87.9 Å². The highest BCUT2D eigenvalue weighted by molar-refractivity contribution is 5.94. The van der Waals surface area contributed by atoms with Crippen molar-refractivity contribution >= 4 is 11.9 Å².